The van der Waals surface area contributed by atoms with Gasteiger partial charge in [-0.3, -0.25) is 9.54 Å². The largest absolute Gasteiger partial charge is 0.504 e. The van der Waals surface area contributed by atoms with Gasteiger partial charge in [0.1, 0.15) is 17.8 Å². The SMILES string of the molecule is O=C(CN=P)Nc1c(O)c(Cl)cc(Cl)c1C(=O)O. The summed E-state index contributed by atoms with van der Waals surface area (Å²) in [6.07, 6.45) is 0. The number of nitrogens with zero attached hydrogens (tertiary/aromatic N) is 1. The van der Waals surface area contributed by atoms with Gasteiger partial charge in [0.15, 0.2) is 5.75 Å². The van der Waals surface area contributed by atoms with Crippen molar-refractivity contribution in [1.82, 2.24) is 0 Å². The van der Waals surface area contributed by atoms with Crippen molar-refractivity contribution in [2.45, 2.75) is 0 Å². The zero-order valence-corrected chi connectivity index (χ0v) is 11.2. The van der Waals surface area contributed by atoms with E-state index in [4.69, 9.17) is 28.3 Å². The Morgan fingerprint density at radius 2 is 2.00 bits per heavy atom. The highest BCUT2D eigenvalue weighted by atomic mass is 35.5. The third kappa shape index (κ3) is 3.10. The third-order valence-corrected chi connectivity index (χ3v) is 2.65. The van der Waals surface area contributed by atoms with Gasteiger partial charge in [-0.1, -0.05) is 23.2 Å². The van der Waals surface area contributed by atoms with E-state index in [0.29, 0.717) is 0 Å². The second kappa shape index (κ2) is 6.00. The van der Waals surface area contributed by atoms with Crippen LogP contribution in [0.1, 0.15) is 10.4 Å². The fraction of sp³-hybridized carbons (Fsp3) is 0.111. The summed E-state index contributed by atoms with van der Waals surface area (Å²) in [5.41, 5.74) is -0.804. The van der Waals surface area contributed by atoms with Gasteiger partial charge in [-0.25, -0.2) is 4.79 Å². The molecule has 0 saturated heterocycles. The zero-order chi connectivity index (χ0) is 13.9. The molecule has 0 saturated carbocycles. The van der Waals surface area contributed by atoms with E-state index in [1.807, 2.05) is 0 Å². The summed E-state index contributed by atoms with van der Waals surface area (Å²) in [6, 6.07) is 1.08. The molecule has 0 heterocycles. The van der Waals surface area contributed by atoms with Gasteiger partial charge < -0.3 is 15.5 Å². The number of benzene rings is 1. The Balaban J connectivity index is 3.34. The zero-order valence-electron chi connectivity index (χ0n) is 8.70. The number of carbonyl (C=O) groups is 2. The van der Waals surface area contributed by atoms with Gasteiger partial charge in [-0.05, 0) is 15.1 Å². The van der Waals surface area contributed by atoms with Crippen LogP contribution >= 0.6 is 32.2 Å². The van der Waals surface area contributed by atoms with Gasteiger partial charge >= 0.3 is 5.97 Å². The molecule has 9 heteroatoms. The lowest BCUT2D eigenvalue weighted by atomic mass is 10.1. The summed E-state index contributed by atoms with van der Waals surface area (Å²) >= 11 is 11.3. The molecule has 0 radical (unpaired) electrons. The number of carboxylic acids is 1. The summed E-state index contributed by atoms with van der Waals surface area (Å²) in [5, 5.41) is 20.4. The van der Waals surface area contributed by atoms with Crippen molar-refractivity contribution in [3.63, 3.8) is 0 Å². The van der Waals surface area contributed by atoms with Crippen LogP contribution in [0.3, 0.4) is 0 Å². The average molecular weight is 309 g/mol. The van der Waals surface area contributed by atoms with Crippen LogP contribution in [0.2, 0.25) is 10.0 Å². The van der Waals surface area contributed by atoms with E-state index in [1.54, 1.807) is 0 Å². The fourth-order valence-electron chi connectivity index (χ4n) is 1.19. The number of hydrogen-bond acceptors (Lipinski definition) is 4. The van der Waals surface area contributed by atoms with E-state index < -0.39 is 23.2 Å². The highest BCUT2D eigenvalue weighted by Crippen LogP contribution is 2.39. The summed E-state index contributed by atoms with van der Waals surface area (Å²) < 4.78 is 3.38. The second-order valence-corrected chi connectivity index (χ2v) is 4.24. The number of carbonyl (C=O) groups excluding carboxylic acids is 1. The minimum atomic E-state index is -1.41. The van der Waals surface area contributed by atoms with E-state index in [9.17, 15) is 14.7 Å². The Morgan fingerprint density at radius 1 is 1.39 bits per heavy atom. The standard InChI is InChI=1S/C9H7Cl2N2O4P/c10-3-1-4(11)8(15)7(6(3)9(16)17)13-5(14)2-12-18/h1,15,18H,2H2,(H,13,14)(H,16,17). The van der Waals surface area contributed by atoms with E-state index in [0.717, 1.165) is 6.07 Å². The first-order valence-corrected chi connectivity index (χ1v) is 5.66. The van der Waals surface area contributed by atoms with Crippen LogP contribution in [0, 0.1) is 0 Å². The van der Waals surface area contributed by atoms with Gasteiger partial charge in [-0.2, -0.15) is 0 Å². The van der Waals surface area contributed by atoms with Crippen molar-refractivity contribution in [3.8, 4) is 5.75 Å². The third-order valence-electron chi connectivity index (χ3n) is 1.91. The monoisotopic (exact) mass is 308 g/mol. The molecule has 6 nitrogen and oxygen atoms in total. The summed E-state index contributed by atoms with van der Waals surface area (Å²) in [6.45, 7) is -0.264. The lowest BCUT2D eigenvalue weighted by Crippen LogP contribution is -2.17. The van der Waals surface area contributed by atoms with E-state index in [-0.39, 0.29) is 22.3 Å². The van der Waals surface area contributed by atoms with E-state index in [2.05, 4.69) is 19.1 Å². The maximum atomic E-state index is 11.3. The minimum Gasteiger partial charge on any atom is -0.504 e. The predicted molar refractivity (Wildman–Crippen MR) is 69.3 cm³/mol. The second-order valence-electron chi connectivity index (χ2n) is 3.11. The molecule has 0 aliphatic carbocycles. The fourth-order valence-corrected chi connectivity index (χ4v) is 1.88. The van der Waals surface area contributed by atoms with Crippen molar-refractivity contribution in [2.24, 2.45) is 4.74 Å². The molecule has 0 atom stereocenters. The lowest BCUT2D eigenvalue weighted by Gasteiger charge is -2.12. The van der Waals surface area contributed by atoms with Gasteiger partial charge in [0.2, 0.25) is 5.91 Å². The quantitative estimate of drug-likeness (QED) is 0.588. The molecular formula is C9H7Cl2N2O4P. The van der Waals surface area contributed by atoms with Crippen molar-refractivity contribution >= 4 is 49.8 Å². The minimum absolute atomic E-state index is 0.171. The van der Waals surface area contributed by atoms with Gasteiger partial charge in [-0.15, -0.1) is 0 Å². The van der Waals surface area contributed by atoms with Crippen LogP contribution in [0.25, 0.3) is 0 Å². The van der Waals surface area contributed by atoms with Crippen LogP contribution < -0.4 is 5.32 Å². The lowest BCUT2D eigenvalue weighted by molar-refractivity contribution is -0.114. The maximum Gasteiger partial charge on any atom is 0.339 e. The number of rotatable bonds is 4. The van der Waals surface area contributed by atoms with Crippen molar-refractivity contribution < 1.29 is 19.8 Å². The maximum absolute atomic E-state index is 11.3. The number of aromatic hydroxyl groups is 1. The predicted octanol–water partition coefficient (Wildman–Crippen LogP) is 2.66. The molecule has 0 fully saturated rings. The molecule has 96 valence electrons. The van der Waals surface area contributed by atoms with Gasteiger partial charge in [0.05, 0.1) is 10.0 Å². The Morgan fingerprint density at radius 3 is 2.50 bits per heavy atom. The highest BCUT2D eigenvalue weighted by Gasteiger charge is 2.22. The Hall–Kier alpha value is -1.36. The Labute approximate surface area is 114 Å². The van der Waals surface area contributed by atoms with Crippen molar-refractivity contribution in [2.75, 3.05) is 11.9 Å². The molecule has 1 amide bonds. The molecule has 3 N–H and O–H groups in total. The molecule has 0 aliphatic heterocycles. The first kappa shape index (κ1) is 14.7. The number of phenols is 1. The Kier molecular flexibility index (Phi) is 4.90. The first-order chi connectivity index (χ1) is 8.38. The van der Waals surface area contributed by atoms with Crippen LogP contribution in [0.15, 0.2) is 10.8 Å². The molecule has 0 spiro atoms. The number of hydrogen-bond donors (Lipinski definition) is 3. The molecular weight excluding hydrogens is 302 g/mol. The number of aromatic carboxylic acids is 1. The summed E-state index contributed by atoms with van der Waals surface area (Å²) in [5.74, 6) is -2.61. The van der Waals surface area contributed by atoms with Gasteiger partial charge in [0.25, 0.3) is 0 Å². The molecule has 0 bridgehead atoms. The van der Waals surface area contributed by atoms with E-state index in [1.165, 1.54) is 0 Å². The molecule has 1 rings (SSSR count). The van der Waals surface area contributed by atoms with Crippen LogP contribution in [0.4, 0.5) is 5.69 Å². The number of nitrogens with one attached hydrogen (secondary N) is 1. The Bertz CT molecular complexity index is 536. The van der Waals surface area contributed by atoms with Crippen LogP contribution in [-0.4, -0.2) is 28.6 Å². The number of amides is 1. The molecule has 0 unspecified atom stereocenters. The summed E-state index contributed by atoms with van der Waals surface area (Å²) in [4.78, 5) is 22.4. The number of carboxylic acid groups (broad SMARTS) is 1. The topological polar surface area (TPSA) is 99.0 Å². The molecule has 18 heavy (non-hydrogen) atoms. The smallest absolute Gasteiger partial charge is 0.339 e. The first-order valence-electron chi connectivity index (χ1n) is 4.45. The molecule has 1 aromatic rings. The molecule has 1 aromatic carbocycles. The average Bonchev–Trinajstić information content (AvgIpc) is 2.25. The molecule has 0 aliphatic rings. The van der Waals surface area contributed by atoms with Crippen molar-refractivity contribution in [1.29, 1.82) is 0 Å². The van der Waals surface area contributed by atoms with Crippen LogP contribution in [-0.2, 0) is 4.79 Å². The highest BCUT2D eigenvalue weighted by molar-refractivity contribution is 7.04. The number of phenolic OH excluding ortho intramolecular Hbond substituents is 1. The normalized spacial score (nSPS) is 9.89. The van der Waals surface area contributed by atoms with Crippen molar-refractivity contribution in [3.05, 3.63) is 21.7 Å². The number of halogens is 2. The summed E-state index contributed by atoms with van der Waals surface area (Å²) in [7, 11) is 2.74. The van der Waals surface area contributed by atoms with E-state index >= 15 is 0 Å². The van der Waals surface area contributed by atoms with Gasteiger partial charge in [0, 0.05) is 0 Å². The number of anilines is 1. The van der Waals surface area contributed by atoms with Crippen LogP contribution in [0.5, 0.6) is 5.75 Å². The molecule has 0 aromatic heterocycles.